The number of halogens is 2. The predicted molar refractivity (Wildman–Crippen MR) is 84.0 cm³/mol. The highest BCUT2D eigenvalue weighted by atomic mass is 35.5. The maximum atomic E-state index is 6.06. The highest BCUT2D eigenvalue weighted by Gasteiger charge is 2.20. The van der Waals surface area contributed by atoms with Crippen molar-refractivity contribution in [3.05, 3.63) is 41.2 Å². The van der Waals surface area contributed by atoms with Crippen molar-refractivity contribution >= 4 is 34.2 Å². The third-order valence-corrected chi connectivity index (χ3v) is 3.97. The summed E-state index contributed by atoms with van der Waals surface area (Å²) in [4.78, 5) is 4.66. The zero-order valence-electron chi connectivity index (χ0n) is 11.8. The van der Waals surface area contributed by atoms with Crippen molar-refractivity contribution < 1.29 is 0 Å². The summed E-state index contributed by atoms with van der Waals surface area (Å²) in [6.07, 6.45) is 2.39. The second kappa shape index (κ2) is 5.66. The Bertz CT molecular complexity index is 777. The van der Waals surface area contributed by atoms with Gasteiger partial charge in [0.1, 0.15) is 12.2 Å². The lowest BCUT2D eigenvalue weighted by molar-refractivity contribution is 0.566. The van der Waals surface area contributed by atoms with Gasteiger partial charge in [-0.15, -0.1) is 21.8 Å². The number of hydrogen-bond acceptors (Lipinski definition) is 3. The summed E-state index contributed by atoms with van der Waals surface area (Å²) in [7, 11) is 1.93. The zero-order valence-corrected chi connectivity index (χ0v) is 13.3. The van der Waals surface area contributed by atoms with E-state index >= 15 is 0 Å². The van der Waals surface area contributed by atoms with Crippen molar-refractivity contribution in [2.75, 3.05) is 5.88 Å². The van der Waals surface area contributed by atoms with Crippen LogP contribution in [0.2, 0.25) is 5.02 Å². The Morgan fingerprint density at radius 2 is 2.14 bits per heavy atom. The van der Waals surface area contributed by atoms with E-state index in [1.807, 2.05) is 29.8 Å². The average molecular weight is 324 g/mol. The number of alkyl halides is 1. The van der Waals surface area contributed by atoms with Gasteiger partial charge in [-0.3, -0.25) is 0 Å². The number of rotatable bonds is 4. The molecule has 2 heterocycles. The minimum Gasteiger partial charge on any atom is -0.319 e. The first-order valence-electron chi connectivity index (χ1n) is 6.68. The molecule has 0 fully saturated rings. The van der Waals surface area contributed by atoms with Crippen LogP contribution >= 0.6 is 23.2 Å². The van der Waals surface area contributed by atoms with Crippen LogP contribution in [-0.4, -0.2) is 30.2 Å². The van der Waals surface area contributed by atoms with E-state index in [0.717, 1.165) is 22.7 Å². The second-order valence-corrected chi connectivity index (χ2v) is 5.76. The van der Waals surface area contributed by atoms with Gasteiger partial charge in [-0.2, -0.15) is 0 Å². The summed E-state index contributed by atoms with van der Waals surface area (Å²) < 4.78 is 4.06. The van der Waals surface area contributed by atoms with Crippen LogP contribution in [0.4, 0.5) is 0 Å². The molecule has 0 saturated carbocycles. The molecule has 0 aliphatic heterocycles. The third kappa shape index (κ3) is 2.51. The molecule has 0 bridgehead atoms. The van der Waals surface area contributed by atoms with Gasteiger partial charge in [0.05, 0.1) is 17.1 Å². The number of aryl methyl sites for hydroxylation is 2. The lowest BCUT2D eigenvalue weighted by Gasteiger charge is -2.16. The first kappa shape index (κ1) is 14.4. The molecule has 0 saturated heterocycles. The molecule has 5 nitrogen and oxygen atoms in total. The predicted octanol–water partition coefficient (Wildman–Crippen LogP) is 3.21. The Labute approximate surface area is 132 Å². The van der Waals surface area contributed by atoms with Gasteiger partial charge < -0.3 is 9.13 Å². The van der Waals surface area contributed by atoms with E-state index in [1.54, 1.807) is 6.33 Å². The van der Waals surface area contributed by atoms with Crippen LogP contribution in [0.3, 0.4) is 0 Å². The van der Waals surface area contributed by atoms with E-state index in [1.165, 1.54) is 0 Å². The fraction of sp³-hybridized carbons (Fsp3) is 0.357. The summed E-state index contributed by atoms with van der Waals surface area (Å²) in [5.41, 5.74) is 1.90. The number of imidazole rings is 1. The molecular formula is C14H15Cl2N5. The maximum Gasteiger partial charge on any atom is 0.155 e. The van der Waals surface area contributed by atoms with E-state index in [2.05, 4.69) is 26.7 Å². The van der Waals surface area contributed by atoms with Crippen molar-refractivity contribution in [1.82, 2.24) is 24.3 Å². The van der Waals surface area contributed by atoms with Crippen molar-refractivity contribution in [2.45, 2.75) is 19.4 Å². The maximum absolute atomic E-state index is 6.06. The van der Waals surface area contributed by atoms with Gasteiger partial charge in [-0.25, -0.2) is 4.98 Å². The molecule has 110 valence electrons. The van der Waals surface area contributed by atoms with Gasteiger partial charge in [0, 0.05) is 24.4 Å². The first-order valence-corrected chi connectivity index (χ1v) is 7.59. The summed E-state index contributed by atoms with van der Waals surface area (Å²) in [5.74, 6) is 2.32. The van der Waals surface area contributed by atoms with Gasteiger partial charge in [-0.05, 0) is 25.1 Å². The number of fused-ring (bicyclic) bond motifs is 1. The molecule has 0 amide bonds. The van der Waals surface area contributed by atoms with E-state index in [4.69, 9.17) is 23.2 Å². The monoisotopic (exact) mass is 323 g/mol. The molecular weight excluding hydrogens is 309 g/mol. The van der Waals surface area contributed by atoms with Gasteiger partial charge in [0.25, 0.3) is 0 Å². The molecule has 3 rings (SSSR count). The average Bonchev–Trinajstić information content (AvgIpc) is 3.01. The molecule has 0 aliphatic rings. The van der Waals surface area contributed by atoms with E-state index in [9.17, 15) is 0 Å². The molecule has 0 aliphatic carbocycles. The summed E-state index contributed by atoms with van der Waals surface area (Å²) in [6.45, 7) is 2.08. The topological polar surface area (TPSA) is 48.5 Å². The molecule has 0 N–H and O–H groups in total. The van der Waals surface area contributed by atoms with Crippen molar-refractivity contribution in [1.29, 1.82) is 0 Å². The summed E-state index contributed by atoms with van der Waals surface area (Å²) in [5, 5.41) is 8.83. The van der Waals surface area contributed by atoms with Crippen molar-refractivity contribution in [2.24, 2.45) is 7.05 Å². The summed E-state index contributed by atoms with van der Waals surface area (Å²) >= 11 is 12.0. The van der Waals surface area contributed by atoms with Crippen LogP contribution in [-0.2, 0) is 13.5 Å². The van der Waals surface area contributed by atoms with Crippen LogP contribution in [0.15, 0.2) is 24.5 Å². The van der Waals surface area contributed by atoms with E-state index in [-0.39, 0.29) is 6.04 Å². The third-order valence-electron chi connectivity index (χ3n) is 3.55. The minimum atomic E-state index is 0.0156. The fourth-order valence-electron chi connectivity index (χ4n) is 2.60. The molecule has 1 aromatic carbocycles. The smallest absolute Gasteiger partial charge is 0.155 e. The van der Waals surface area contributed by atoms with Gasteiger partial charge >= 0.3 is 0 Å². The molecule has 1 atom stereocenters. The standard InChI is InChI=1S/C14H15Cl2N5/c1-9(14-19-17-8-20(14)2)21-12-4-3-10(16)7-11(12)18-13(21)5-6-15/h3-4,7-9H,5-6H2,1-2H3. The quantitative estimate of drug-likeness (QED) is 0.693. The normalized spacial score (nSPS) is 13.0. The molecule has 0 radical (unpaired) electrons. The number of benzene rings is 1. The van der Waals surface area contributed by atoms with Gasteiger partial charge in [0.15, 0.2) is 5.82 Å². The van der Waals surface area contributed by atoms with E-state index in [0.29, 0.717) is 17.3 Å². The number of nitrogens with zero attached hydrogens (tertiary/aromatic N) is 5. The highest BCUT2D eigenvalue weighted by Crippen LogP contribution is 2.27. The van der Waals surface area contributed by atoms with E-state index < -0.39 is 0 Å². The summed E-state index contributed by atoms with van der Waals surface area (Å²) in [6, 6.07) is 5.74. The number of hydrogen-bond donors (Lipinski definition) is 0. The fourth-order valence-corrected chi connectivity index (χ4v) is 2.94. The molecule has 3 aromatic rings. The Morgan fingerprint density at radius 3 is 2.81 bits per heavy atom. The van der Waals surface area contributed by atoms with Gasteiger partial charge in [0.2, 0.25) is 0 Å². The molecule has 2 aromatic heterocycles. The van der Waals surface area contributed by atoms with Crippen molar-refractivity contribution in [3.8, 4) is 0 Å². The highest BCUT2D eigenvalue weighted by molar-refractivity contribution is 6.31. The molecule has 0 spiro atoms. The van der Waals surface area contributed by atoms with Crippen LogP contribution in [0.5, 0.6) is 0 Å². The van der Waals surface area contributed by atoms with Gasteiger partial charge in [-0.1, -0.05) is 11.6 Å². The van der Waals surface area contributed by atoms with Crippen LogP contribution in [0.1, 0.15) is 24.6 Å². The number of aromatic nitrogens is 5. The lowest BCUT2D eigenvalue weighted by atomic mass is 10.2. The Kier molecular flexibility index (Phi) is 3.87. The second-order valence-electron chi connectivity index (χ2n) is 4.95. The largest absolute Gasteiger partial charge is 0.319 e. The Morgan fingerprint density at radius 1 is 1.33 bits per heavy atom. The molecule has 1 unspecified atom stereocenters. The molecule has 7 heteroatoms. The van der Waals surface area contributed by atoms with Crippen molar-refractivity contribution in [3.63, 3.8) is 0 Å². The van der Waals surface area contributed by atoms with Crippen LogP contribution in [0.25, 0.3) is 11.0 Å². The lowest BCUT2D eigenvalue weighted by Crippen LogP contribution is -2.15. The zero-order chi connectivity index (χ0) is 15.0. The Balaban J connectivity index is 2.19. The minimum absolute atomic E-state index is 0.0156. The Hall–Kier alpha value is -1.59. The SMILES string of the molecule is CC(c1nncn1C)n1c(CCCl)nc2cc(Cl)ccc21. The van der Waals surface area contributed by atoms with Crippen LogP contribution in [0, 0.1) is 0 Å². The molecule has 21 heavy (non-hydrogen) atoms. The van der Waals surface area contributed by atoms with Crippen LogP contribution < -0.4 is 0 Å². The first-order chi connectivity index (χ1) is 10.1.